The zero-order chi connectivity index (χ0) is 11.4. The summed E-state index contributed by atoms with van der Waals surface area (Å²) >= 11 is 1.83. The minimum absolute atomic E-state index is 0.972. The molecular weight excluding hydrogens is 216 g/mol. The summed E-state index contributed by atoms with van der Waals surface area (Å²) < 4.78 is 0. The lowest BCUT2D eigenvalue weighted by atomic mass is 10.2. The smallest absolute Gasteiger partial charge is 0.0331 e. The molecule has 0 amide bonds. The van der Waals surface area contributed by atoms with Crippen molar-refractivity contribution in [2.24, 2.45) is 0 Å². The Kier molecular flexibility index (Phi) is 3.70. The van der Waals surface area contributed by atoms with Gasteiger partial charge < -0.3 is 0 Å². The number of aryl methyl sites for hydroxylation is 1. The molecule has 0 unspecified atom stereocenters. The van der Waals surface area contributed by atoms with E-state index < -0.39 is 0 Å². The normalized spacial score (nSPS) is 10.9. The van der Waals surface area contributed by atoms with Gasteiger partial charge in [-0.25, -0.2) is 0 Å². The summed E-state index contributed by atoms with van der Waals surface area (Å²) in [5.41, 5.74) is 2.71. The van der Waals surface area contributed by atoms with Crippen molar-refractivity contribution in [1.29, 1.82) is 0 Å². The minimum Gasteiger partial charge on any atom is -0.297 e. The van der Waals surface area contributed by atoms with E-state index in [0.29, 0.717) is 0 Å². The van der Waals surface area contributed by atoms with Gasteiger partial charge in [0.15, 0.2) is 0 Å². The molecule has 0 N–H and O–H groups in total. The summed E-state index contributed by atoms with van der Waals surface area (Å²) in [6, 6.07) is 6.32. The van der Waals surface area contributed by atoms with E-state index in [2.05, 4.69) is 47.4 Å². The van der Waals surface area contributed by atoms with Crippen LogP contribution in [-0.2, 0) is 13.1 Å². The van der Waals surface area contributed by atoms with Crippen LogP contribution in [0.1, 0.15) is 16.0 Å². The van der Waals surface area contributed by atoms with Crippen LogP contribution in [0.15, 0.2) is 36.0 Å². The van der Waals surface area contributed by atoms with Crippen molar-refractivity contribution in [3.8, 4) is 0 Å². The van der Waals surface area contributed by atoms with Crippen LogP contribution in [-0.4, -0.2) is 16.9 Å². The van der Waals surface area contributed by atoms with Crippen LogP contribution in [0.25, 0.3) is 0 Å². The molecule has 84 valence electrons. The first kappa shape index (κ1) is 11.3. The molecule has 0 aliphatic rings. The molecule has 2 aromatic heterocycles. The summed E-state index contributed by atoms with van der Waals surface area (Å²) in [7, 11) is 2.15. The van der Waals surface area contributed by atoms with E-state index in [4.69, 9.17) is 0 Å². The molecule has 0 radical (unpaired) electrons. The molecule has 2 aromatic rings. The maximum Gasteiger partial charge on any atom is 0.0331 e. The minimum atomic E-state index is 0.972. The highest BCUT2D eigenvalue weighted by Crippen LogP contribution is 2.17. The van der Waals surface area contributed by atoms with E-state index in [-0.39, 0.29) is 0 Å². The largest absolute Gasteiger partial charge is 0.297 e. The van der Waals surface area contributed by atoms with Gasteiger partial charge in [0.05, 0.1) is 0 Å². The Labute approximate surface area is 101 Å². The van der Waals surface area contributed by atoms with Gasteiger partial charge in [-0.1, -0.05) is 0 Å². The number of thiophene rings is 1. The predicted molar refractivity (Wildman–Crippen MR) is 68.5 cm³/mol. The monoisotopic (exact) mass is 232 g/mol. The molecule has 0 spiro atoms. The van der Waals surface area contributed by atoms with E-state index >= 15 is 0 Å². The lowest BCUT2D eigenvalue weighted by Gasteiger charge is -2.16. The van der Waals surface area contributed by atoms with E-state index in [1.807, 2.05) is 23.7 Å². The van der Waals surface area contributed by atoms with E-state index in [9.17, 15) is 0 Å². The Morgan fingerprint density at radius 3 is 2.56 bits per heavy atom. The second-order valence-electron chi connectivity index (χ2n) is 4.05. The highest BCUT2D eigenvalue weighted by molar-refractivity contribution is 7.10. The highest BCUT2D eigenvalue weighted by atomic mass is 32.1. The molecular formula is C13H16N2S. The predicted octanol–water partition coefficient (Wildman–Crippen LogP) is 3.08. The second kappa shape index (κ2) is 5.23. The lowest BCUT2D eigenvalue weighted by Crippen LogP contribution is -2.16. The van der Waals surface area contributed by atoms with Gasteiger partial charge >= 0.3 is 0 Å². The van der Waals surface area contributed by atoms with E-state index in [1.165, 1.54) is 16.0 Å². The Morgan fingerprint density at radius 1 is 1.19 bits per heavy atom. The Hall–Kier alpha value is -1.19. The molecule has 0 aliphatic heterocycles. The number of aromatic nitrogens is 1. The van der Waals surface area contributed by atoms with Crippen LogP contribution in [0.5, 0.6) is 0 Å². The topological polar surface area (TPSA) is 16.1 Å². The van der Waals surface area contributed by atoms with Gasteiger partial charge in [-0.15, -0.1) is 11.3 Å². The van der Waals surface area contributed by atoms with Crippen molar-refractivity contribution < 1.29 is 0 Å². The summed E-state index contributed by atoms with van der Waals surface area (Å²) in [5, 5.41) is 2.16. The fourth-order valence-corrected chi connectivity index (χ4v) is 2.65. The summed E-state index contributed by atoms with van der Waals surface area (Å²) in [5.74, 6) is 0. The molecule has 2 heterocycles. The van der Waals surface area contributed by atoms with Crippen LogP contribution in [0.3, 0.4) is 0 Å². The Bertz CT molecular complexity index is 436. The lowest BCUT2D eigenvalue weighted by molar-refractivity contribution is 0.321. The SMILES string of the molecule is Cc1ccsc1CN(C)Cc1ccncc1. The van der Waals surface area contributed by atoms with Crippen molar-refractivity contribution in [1.82, 2.24) is 9.88 Å². The van der Waals surface area contributed by atoms with Crippen molar-refractivity contribution in [3.63, 3.8) is 0 Å². The average Bonchev–Trinajstić information content (AvgIpc) is 2.66. The molecule has 16 heavy (non-hydrogen) atoms. The van der Waals surface area contributed by atoms with Gasteiger partial charge in [-0.05, 0) is 48.7 Å². The molecule has 3 heteroatoms. The second-order valence-corrected chi connectivity index (χ2v) is 5.06. The third-order valence-corrected chi connectivity index (χ3v) is 3.59. The van der Waals surface area contributed by atoms with Crippen molar-refractivity contribution in [2.45, 2.75) is 20.0 Å². The first-order chi connectivity index (χ1) is 7.75. The molecule has 0 saturated heterocycles. The molecule has 2 rings (SSSR count). The number of nitrogens with zero attached hydrogens (tertiary/aromatic N) is 2. The highest BCUT2D eigenvalue weighted by Gasteiger charge is 2.04. The van der Waals surface area contributed by atoms with Gasteiger partial charge in [-0.3, -0.25) is 9.88 Å². The van der Waals surface area contributed by atoms with E-state index in [0.717, 1.165) is 13.1 Å². The van der Waals surface area contributed by atoms with Crippen LogP contribution in [0.4, 0.5) is 0 Å². The summed E-state index contributed by atoms with van der Waals surface area (Å²) in [4.78, 5) is 7.81. The molecule has 0 atom stereocenters. The standard InChI is InChI=1S/C13H16N2S/c1-11-5-8-16-13(11)10-15(2)9-12-3-6-14-7-4-12/h3-8H,9-10H2,1-2H3. The number of hydrogen-bond donors (Lipinski definition) is 0. The maximum absolute atomic E-state index is 4.03. The zero-order valence-corrected chi connectivity index (χ0v) is 10.5. The molecule has 0 saturated carbocycles. The van der Waals surface area contributed by atoms with Crippen LogP contribution < -0.4 is 0 Å². The molecule has 0 bridgehead atoms. The molecule has 0 aliphatic carbocycles. The summed E-state index contributed by atoms with van der Waals surface area (Å²) in [6.45, 7) is 4.16. The molecule has 2 nitrogen and oxygen atoms in total. The summed E-state index contributed by atoms with van der Waals surface area (Å²) in [6.07, 6.45) is 3.69. The van der Waals surface area contributed by atoms with Crippen molar-refractivity contribution in [2.75, 3.05) is 7.05 Å². The number of pyridine rings is 1. The average molecular weight is 232 g/mol. The van der Waals surface area contributed by atoms with Crippen molar-refractivity contribution >= 4 is 11.3 Å². The Balaban J connectivity index is 1.95. The first-order valence-electron chi connectivity index (χ1n) is 5.36. The van der Waals surface area contributed by atoms with Crippen LogP contribution in [0.2, 0.25) is 0 Å². The Morgan fingerprint density at radius 2 is 1.94 bits per heavy atom. The van der Waals surface area contributed by atoms with Gasteiger partial charge in [0, 0.05) is 30.4 Å². The fraction of sp³-hybridized carbons (Fsp3) is 0.308. The third-order valence-electron chi connectivity index (χ3n) is 2.58. The van der Waals surface area contributed by atoms with E-state index in [1.54, 1.807) is 0 Å². The first-order valence-corrected chi connectivity index (χ1v) is 6.24. The van der Waals surface area contributed by atoms with Gasteiger partial charge in [0.1, 0.15) is 0 Å². The quantitative estimate of drug-likeness (QED) is 0.805. The zero-order valence-electron chi connectivity index (χ0n) is 9.68. The molecule has 0 fully saturated rings. The maximum atomic E-state index is 4.03. The number of hydrogen-bond acceptors (Lipinski definition) is 3. The van der Waals surface area contributed by atoms with Gasteiger partial charge in [0.2, 0.25) is 0 Å². The van der Waals surface area contributed by atoms with Gasteiger partial charge in [0.25, 0.3) is 0 Å². The third kappa shape index (κ3) is 2.90. The van der Waals surface area contributed by atoms with Crippen molar-refractivity contribution in [3.05, 3.63) is 52.0 Å². The molecule has 0 aromatic carbocycles. The number of rotatable bonds is 4. The van der Waals surface area contributed by atoms with Gasteiger partial charge in [-0.2, -0.15) is 0 Å². The fourth-order valence-electron chi connectivity index (χ4n) is 1.67. The van der Waals surface area contributed by atoms with Crippen LogP contribution in [0, 0.1) is 6.92 Å². The van der Waals surface area contributed by atoms with Crippen LogP contribution >= 0.6 is 11.3 Å².